The number of halogens is 3. The summed E-state index contributed by atoms with van der Waals surface area (Å²) < 4.78 is 36.8. The second-order valence-electron chi connectivity index (χ2n) is 7.27. The lowest BCUT2D eigenvalue weighted by molar-refractivity contribution is -0.192. The van der Waals surface area contributed by atoms with Crippen molar-refractivity contribution in [2.45, 2.75) is 6.18 Å². The summed E-state index contributed by atoms with van der Waals surface area (Å²) in [5, 5.41) is 27.3. The summed E-state index contributed by atoms with van der Waals surface area (Å²) >= 11 is 0. The average Bonchev–Trinajstić information content (AvgIpc) is 2.87. The predicted molar refractivity (Wildman–Crippen MR) is 130 cm³/mol. The van der Waals surface area contributed by atoms with Crippen molar-refractivity contribution >= 4 is 23.8 Å². The van der Waals surface area contributed by atoms with E-state index >= 15 is 0 Å². The maximum atomic E-state index is 12.3. The Balaban J connectivity index is 0.000000604. The van der Waals surface area contributed by atoms with E-state index < -0.39 is 12.1 Å². The summed E-state index contributed by atoms with van der Waals surface area (Å²) in [4.78, 5) is 25.4. The summed E-state index contributed by atoms with van der Waals surface area (Å²) in [6.45, 7) is 0.284. The zero-order chi connectivity index (χ0) is 27.6. The Morgan fingerprint density at radius 1 is 1.08 bits per heavy atom. The number of carbonyl (C=O) groups is 2. The Labute approximate surface area is 209 Å². The van der Waals surface area contributed by atoms with E-state index in [9.17, 15) is 23.1 Å². The van der Waals surface area contributed by atoms with Crippen molar-refractivity contribution in [3.05, 3.63) is 83.6 Å². The molecule has 12 heteroatoms. The molecule has 0 unspecified atom stereocenters. The van der Waals surface area contributed by atoms with Crippen molar-refractivity contribution in [1.29, 1.82) is 5.41 Å². The molecule has 3 aromatic rings. The van der Waals surface area contributed by atoms with Crippen LogP contribution in [0.3, 0.4) is 0 Å². The minimum absolute atomic E-state index is 0.0752. The monoisotopic (exact) mass is 516 g/mol. The lowest BCUT2D eigenvalue weighted by atomic mass is 10.1. The molecular weight excluding hydrogens is 493 g/mol. The van der Waals surface area contributed by atoms with Crippen LogP contribution in [0.25, 0.3) is 17.2 Å². The zero-order valence-corrected chi connectivity index (χ0v) is 19.4. The number of hydrogen-bond donors (Lipinski definition) is 5. The van der Waals surface area contributed by atoms with Gasteiger partial charge >= 0.3 is 12.1 Å². The number of aliphatic carboxylic acids is 1. The Morgan fingerprint density at radius 2 is 1.68 bits per heavy atom. The van der Waals surface area contributed by atoms with Crippen molar-refractivity contribution in [3.63, 3.8) is 0 Å². The van der Waals surface area contributed by atoms with Crippen molar-refractivity contribution in [2.75, 3.05) is 13.7 Å². The molecule has 0 saturated heterocycles. The first-order valence-corrected chi connectivity index (χ1v) is 10.4. The predicted octanol–water partition coefficient (Wildman–Crippen LogP) is 3.82. The number of nitrogens with one attached hydrogen (secondary N) is 2. The number of aromatic nitrogens is 1. The molecule has 0 fully saturated rings. The third-order valence-electron chi connectivity index (χ3n) is 4.68. The summed E-state index contributed by atoms with van der Waals surface area (Å²) in [6, 6.07) is 15.6. The minimum atomic E-state index is -5.08. The van der Waals surface area contributed by atoms with Crippen LogP contribution in [0.4, 0.5) is 13.2 Å². The van der Waals surface area contributed by atoms with E-state index in [0.29, 0.717) is 22.6 Å². The number of rotatable bonds is 7. The molecule has 194 valence electrons. The SMILES string of the molecule is COc1ccc(-c2ccc(C(=O)NC/C=C/c3cc(C(=N)N)ccc3O)cc2)cn1.O=C(O)C(F)(F)F. The molecule has 1 heterocycles. The number of nitrogen functional groups attached to an aromatic ring is 1. The molecule has 0 atom stereocenters. The van der Waals surface area contributed by atoms with E-state index in [-0.39, 0.29) is 24.0 Å². The highest BCUT2D eigenvalue weighted by Crippen LogP contribution is 2.21. The molecule has 0 aliphatic rings. The van der Waals surface area contributed by atoms with Gasteiger partial charge in [-0.3, -0.25) is 10.2 Å². The molecule has 0 saturated carbocycles. The van der Waals surface area contributed by atoms with Crippen LogP contribution in [0.2, 0.25) is 0 Å². The number of carboxylic acids is 1. The number of nitrogens with zero attached hydrogens (tertiary/aromatic N) is 1. The van der Waals surface area contributed by atoms with Crippen LogP contribution in [0.1, 0.15) is 21.5 Å². The van der Waals surface area contributed by atoms with E-state index in [1.165, 1.54) is 6.07 Å². The largest absolute Gasteiger partial charge is 0.507 e. The van der Waals surface area contributed by atoms with Gasteiger partial charge in [0.1, 0.15) is 11.6 Å². The number of carbonyl (C=O) groups excluding carboxylic acids is 1. The number of pyridine rings is 1. The van der Waals surface area contributed by atoms with Crippen molar-refractivity contribution < 1.29 is 37.7 Å². The first-order valence-electron chi connectivity index (χ1n) is 10.4. The number of hydrogen-bond acceptors (Lipinski definition) is 6. The highest BCUT2D eigenvalue weighted by atomic mass is 19.4. The fourth-order valence-electron chi connectivity index (χ4n) is 2.78. The topological polar surface area (TPSA) is 159 Å². The summed E-state index contributed by atoms with van der Waals surface area (Å²) in [6.07, 6.45) is 0.0192. The van der Waals surface area contributed by atoms with Crippen LogP contribution < -0.4 is 15.8 Å². The van der Waals surface area contributed by atoms with Gasteiger partial charge in [-0.05, 0) is 42.0 Å². The number of phenolic OH excluding ortho intramolecular Hbond substituents is 1. The molecule has 0 spiro atoms. The Kier molecular flexibility index (Phi) is 9.75. The number of ether oxygens (including phenoxy) is 1. The number of carboxylic acid groups (broad SMARTS) is 1. The quantitative estimate of drug-likeness (QED) is 0.236. The molecule has 0 radical (unpaired) electrons. The lowest BCUT2D eigenvalue weighted by Crippen LogP contribution is -2.23. The Bertz CT molecular complexity index is 1270. The molecule has 1 amide bonds. The fraction of sp³-hybridized carbons (Fsp3) is 0.120. The molecule has 0 aliphatic heterocycles. The lowest BCUT2D eigenvalue weighted by Gasteiger charge is -2.06. The van der Waals surface area contributed by atoms with E-state index in [1.807, 2.05) is 18.2 Å². The first kappa shape index (κ1) is 28.4. The van der Waals surface area contributed by atoms with Gasteiger partial charge in [0, 0.05) is 41.1 Å². The van der Waals surface area contributed by atoms with E-state index in [1.54, 1.807) is 55.8 Å². The molecule has 2 aromatic carbocycles. The van der Waals surface area contributed by atoms with Crippen LogP contribution in [0, 0.1) is 5.41 Å². The van der Waals surface area contributed by atoms with Gasteiger partial charge < -0.3 is 26.0 Å². The van der Waals surface area contributed by atoms with Crippen LogP contribution in [-0.2, 0) is 4.79 Å². The van der Waals surface area contributed by atoms with Gasteiger partial charge in [0.25, 0.3) is 5.91 Å². The molecule has 9 nitrogen and oxygen atoms in total. The van der Waals surface area contributed by atoms with Gasteiger partial charge in [-0.2, -0.15) is 13.2 Å². The van der Waals surface area contributed by atoms with Gasteiger partial charge in [-0.25, -0.2) is 9.78 Å². The summed E-state index contributed by atoms with van der Waals surface area (Å²) in [7, 11) is 1.57. The number of amidine groups is 1. The van der Waals surface area contributed by atoms with Gasteiger partial charge in [-0.15, -0.1) is 0 Å². The number of methoxy groups -OCH3 is 1. The second kappa shape index (κ2) is 12.7. The highest BCUT2D eigenvalue weighted by Gasteiger charge is 2.38. The number of aromatic hydroxyl groups is 1. The number of amides is 1. The van der Waals surface area contributed by atoms with Gasteiger partial charge in [-0.1, -0.05) is 24.3 Å². The molecule has 0 bridgehead atoms. The van der Waals surface area contributed by atoms with Crippen LogP contribution in [0.15, 0.2) is 66.9 Å². The van der Waals surface area contributed by atoms with Gasteiger partial charge in [0.05, 0.1) is 7.11 Å². The molecule has 0 aliphatic carbocycles. The smallest absolute Gasteiger partial charge is 0.490 e. The van der Waals surface area contributed by atoms with Gasteiger partial charge in [0.15, 0.2) is 0 Å². The van der Waals surface area contributed by atoms with Crippen molar-refractivity contribution in [2.24, 2.45) is 5.73 Å². The fourth-order valence-corrected chi connectivity index (χ4v) is 2.78. The molecule has 37 heavy (non-hydrogen) atoms. The summed E-state index contributed by atoms with van der Waals surface area (Å²) in [5.41, 5.74) is 8.92. The maximum Gasteiger partial charge on any atom is 0.490 e. The molecular formula is C25H23F3N4O5. The molecule has 1 aromatic heterocycles. The Hall–Kier alpha value is -4.87. The molecule has 6 N–H and O–H groups in total. The Morgan fingerprint density at radius 3 is 2.19 bits per heavy atom. The maximum absolute atomic E-state index is 12.3. The summed E-state index contributed by atoms with van der Waals surface area (Å²) in [5.74, 6) is -2.42. The normalized spacial score (nSPS) is 10.8. The van der Waals surface area contributed by atoms with Gasteiger partial charge in [0.2, 0.25) is 5.88 Å². The van der Waals surface area contributed by atoms with Crippen LogP contribution >= 0.6 is 0 Å². The number of alkyl halides is 3. The third-order valence-corrected chi connectivity index (χ3v) is 4.68. The molecule has 3 rings (SSSR count). The van der Waals surface area contributed by atoms with E-state index in [0.717, 1.165) is 11.1 Å². The first-order chi connectivity index (χ1) is 17.4. The standard InChI is InChI=1S/C23H22N4O3.C2HF3O2/c1-30-21-11-9-19(14-27-21)15-4-6-16(7-5-15)23(29)26-12-2-3-17-13-18(22(24)25)8-10-20(17)28;3-2(4,5)1(6)7/h2-11,13-14,28H,12H2,1H3,(H3,24,25)(H,26,29);(H,6,7)/b3-2+;. The van der Waals surface area contributed by atoms with E-state index in [2.05, 4.69) is 10.3 Å². The van der Waals surface area contributed by atoms with Crippen LogP contribution in [0.5, 0.6) is 11.6 Å². The van der Waals surface area contributed by atoms with E-state index in [4.69, 9.17) is 25.8 Å². The minimum Gasteiger partial charge on any atom is -0.507 e. The van der Waals surface area contributed by atoms with Crippen LogP contribution in [-0.4, -0.2) is 52.7 Å². The number of nitrogens with two attached hydrogens (primary N) is 1. The average molecular weight is 516 g/mol. The zero-order valence-electron chi connectivity index (χ0n) is 19.4. The second-order valence-corrected chi connectivity index (χ2v) is 7.27. The highest BCUT2D eigenvalue weighted by molar-refractivity contribution is 5.96. The number of phenols is 1. The van der Waals surface area contributed by atoms with Crippen molar-refractivity contribution in [1.82, 2.24) is 10.3 Å². The number of benzene rings is 2. The van der Waals surface area contributed by atoms with Crippen molar-refractivity contribution in [3.8, 4) is 22.8 Å². The third kappa shape index (κ3) is 8.69.